The van der Waals surface area contributed by atoms with E-state index in [1.807, 2.05) is 45.0 Å². The molecule has 0 saturated carbocycles. The third kappa shape index (κ3) is 4.78. The number of halogens is 1. The van der Waals surface area contributed by atoms with Crippen molar-refractivity contribution in [3.8, 4) is 11.5 Å². The Labute approximate surface area is 185 Å². The molecule has 2 aromatic carbocycles. The van der Waals surface area contributed by atoms with Crippen LogP contribution in [0.2, 0.25) is 0 Å². The lowest BCUT2D eigenvalue weighted by Crippen LogP contribution is -2.13. The Bertz CT molecular complexity index is 1280. The molecule has 0 unspecified atom stereocenters. The van der Waals surface area contributed by atoms with E-state index in [1.54, 1.807) is 36.5 Å². The maximum Gasteiger partial charge on any atom is 0.257 e. The standard InChI is InChI=1S/C25H24FN3O3/c1-15-5-8-24(27-13-15)28-25(30)18-10-22-20(9-16(2)31-22)23(11-18)32-19-7-6-17(14-29(3)4)21(26)12-19/h5-13H,14H2,1-4H3,(H,27,28,30). The van der Waals surface area contributed by atoms with Crippen molar-refractivity contribution in [3.63, 3.8) is 0 Å². The number of pyridine rings is 1. The Kier molecular flexibility index (Phi) is 5.92. The number of anilines is 1. The summed E-state index contributed by atoms with van der Waals surface area (Å²) in [6.07, 6.45) is 1.68. The Morgan fingerprint density at radius 2 is 1.94 bits per heavy atom. The molecular weight excluding hydrogens is 409 g/mol. The normalized spacial score (nSPS) is 11.2. The van der Waals surface area contributed by atoms with Crippen LogP contribution in [0.1, 0.15) is 27.2 Å². The maximum atomic E-state index is 14.5. The third-order valence-electron chi connectivity index (χ3n) is 4.88. The summed E-state index contributed by atoms with van der Waals surface area (Å²) in [7, 11) is 3.76. The molecule has 0 fully saturated rings. The van der Waals surface area contributed by atoms with E-state index in [4.69, 9.17) is 9.15 Å². The number of hydrogen-bond acceptors (Lipinski definition) is 5. The average Bonchev–Trinajstić information content (AvgIpc) is 3.12. The second kappa shape index (κ2) is 8.80. The molecule has 0 atom stereocenters. The van der Waals surface area contributed by atoms with Gasteiger partial charge in [-0.1, -0.05) is 12.1 Å². The van der Waals surface area contributed by atoms with Crippen LogP contribution in [0.25, 0.3) is 11.0 Å². The van der Waals surface area contributed by atoms with Crippen LogP contribution in [0.5, 0.6) is 11.5 Å². The highest BCUT2D eigenvalue weighted by molar-refractivity contribution is 6.06. The fraction of sp³-hybridized carbons (Fsp3) is 0.200. The van der Waals surface area contributed by atoms with Crippen LogP contribution in [0.4, 0.5) is 10.2 Å². The molecule has 0 saturated heterocycles. The molecule has 1 amide bonds. The van der Waals surface area contributed by atoms with Gasteiger partial charge in [0.1, 0.15) is 34.5 Å². The number of carbonyl (C=O) groups is 1. The zero-order chi connectivity index (χ0) is 22.8. The Hall–Kier alpha value is -3.71. The van der Waals surface area contributed by atoms with Gasteiger partial charge in [-0.25, -0.2) is 9.37 Å². The van der Waals surface area contributed by atoms with Crippen molar-refractivity contribution < 1.29 is 18.3 Å². The summed E-state index contributed by atoms with van der Waals surface area (Å²) in [6.45, 7) is 4.22. The number of aromatic nitrogens is 1. The highest BCUT2D eigenvalue weighted by Gasteiger charge is 2.16. The fourth-order valence-electron chi connectivity index (χ4n) is 3.37. The third-order valence-corrected chi connectivity index (χ3v) is 4.88. The second-order valence-corrected chi connectivity index (χ2v) is 8.01. The van der Waals surface area contributed by atoms with Crippen LogP contribution < -0.4 is 10.1 Å². The molecule has 2 heterocycles. The van der Waals surface area contributed by atoms with Gasteiger partial charge in [0.2, 0.25) is 0 Å². The zero-order valence-corrected chi connectivity index (χ0v) is 18.4. The lowest BCUT2D eigenvalue weighted by atomic mass is 10.1. The number of carbonyl (C=O) groups excluding carboxylic acids is 1. The molecule has 2 aromatic heterocycles. The molecule has 6 nitrogen and oxygen atoms in total. The molecule has 0 aliphatic rings. The number of furan rings is 1. The van der Waals surface area contributed by atoms with Crippen LogP contribution in [0.3, 0.4) is 0 Å². The number of rotatable bonds is 6. The summed E-state index contributed by atoms with van der Waals surface area (Å²) in [6, 6.07) is 13.5. The molecule has 0 spiro atoms. The molecule has 7 heteroatoms. The quantitative estimate of drug-likeness (QED) is 0.423. The van der Waals surface area contributed by atoms with Crippen LogP contribution in [-0.4, -0.2) is 29.9 Å². The van der Waals surface area contributed by atoms with Gasteiger partial charge < -0.3 is 19.4 Å². The molecule has 4 rings (SSSR count). The summed E-state index contributed by atoms with van der Waals surface area (Å²) in [5, 5.41) is 3.47. The van der Waals surface area contributed by atoms with E-state index in [-0.39, 0.29) is 11.7 Å². The zero-order valence-electron chi connectivity index (χ0n) is 18.4. The minimum atomic E-state index is -0.352. The van der Waals surface area contributed by atoms with Gasteiger partial charge in [0.15, 0.2) is 0 Å². The first-order valence-corrected chi connectivity index (χ1v) is 10.2. The first-order chi connectivity index (χ1) is 15.3. The van der Waals surface area contributed by atoms with Crippen LogP contribution in [0.15, 0.2) is 59.1 Å². The first kappa shape index (κ1) is 21.5. The second-order valence-electron chi connectivity index (χ2n) is 8.01. The van der Waals surface area contributed by atoms with E-state index in [2.05, 4.69) is 10.3 Å². The number of benzene rings is 2. The summed E-state index contributed by atoms with van der Waals surface area (Å²) >= 11 is 0. The van der Waals surface area contributed by atoms with Crippen molar-refractivity contribution in [2.45, 2.75) is 20.4 Å². The van der Waals surface area contributed by atoms with Crippen molar-refractivity contribution in [2.24, 2.45) is 0 Å². The summed E-state index contributed by atoms with van der Waals surface area (Å²) in [4.78, 5) is 18.9. The Balaban J connectivity index is 1.65. The minimum absolute atomic E-state index is 0.336. The van der Waals surface area contributed by atoms with Gasteiger partial charge in [0, 0.05) is 29.9 Å². The summed E-state index contributed by atoms with van der Waals surface area (Å²) in [5.74, 6) is 1.15. The van der Waals surface area contributed by atoms with Crippen LogP contribution in [0, 0.1) is 19.7 Å². The lowest BCUT2D eigenvalue weighted by Gasteiger charge is -2.13. The number of fused-ring (bicyclic) bond motifs is 1. The van der Waals surface area contributed by atoms with Gasteiger partial charge in [-0.05, 0) is 63.8 Å². The minimum Gasteiger partial charge on any atom is -0.461 e. The molecule has 0 aliphatic heterocycles. The SMILES string of the molecule is Cc1ccc(NC(=O)c2cc(Oc3ccc(CN(C)C)c(F)c3)c3cc(C)oc3c2)nc1. The van der Waals surface area contributed by atoms with Crippen LogP contribution in [-0.2, 0) is 6.54 Å². The molecule has 164 valence electrons. The number of ether oxygens (including phenoxy) is 1. The van der Waals surface area contributed by atoms with Crippen LogP contribution >= 0.6 is 0 Å². The number of aryl methyl sites for hydroxylation is 2. The molecule has 0 bridgehead atoms. The highest BCUT2D eigenvalue weighted by atomic mass is 19.1. The van der Waals surface area contributed by atoms with E-state index in [1.165, 1.54) is 6.07 Å². The molecule has 4 aromatic rings. The molecule has 1 N–H and O–H groups in total. The first-order valence-electron chi connectivity index (χ1n) is 10.2. The van der Waals surface area contributed by atoms with Gasteiger partial charge in [0.25, 0.3) is 5.91 Å². The molecular formula is C25H24FN3O3. The number of hydrogen-bond donors (Lipinski definition) is 1. The maximum absolute atomic E-state index is 14.5. The van der Waals surface area contributed by atoms with Crippen molar-refractivity contribution in [1.29, 1.82) is 0 Å². The fourth-order valence-corrected chi connectivity index (χ4v) is 3.37. The van der Waals surface area contributed by atoms with Gasteiger partial charge >= 0.3 is 0 Å². The van der Waals surface area contributed by atoms with Crippen molar-refractivity contribution in [3.05, 3.63) is 83.0 Å². The van der Waals surface area contributed by atoms with Gasteiger partial charge in [-0.15, -0.1) is 0 Å². The van der Waals surface area contributed by atoms with Crippen molar-refractivity contribution >= 4 is 22.7 Å². The number of amides is 1. The van der Waals surface area contributed by atoms with Crippen molar-refractivity contribution in [2.75, 3.05) is 19.4 Å². The largest absolute Gasteiger partial charge is 0.461 e. The molecule has 0 radical (unpaired) electrons. The number of nitrogens with one attached hydrogen (secondary N) is 1. The molecule has 0 aliphatic carbocycles. The Morgan fingerprint density at radius 1 is 1.12 bits per heavy atom. The van der Waals surface area contributed by atoms with E-state index >= 15 is 0 Å². The van der Waals surface area contributed by atoms with E-state index < -0.39 is 0 Å². The smallest absolute Gasteiger partial charge is 0.257 e. The molecule has 32 heavy (non-hydrogen) atoms. The Morgan fingerprint density at radius 3 is 2.62 bits per heavy atom. The van der Waals surface area contributed by atoms with E-state index in [9.17, 15) is 9.18 Å². The van der Waals surface area contributed by atoms with Gasteiger partial charge in [0.05, 0.1) is 5.39 Å². The van der Waals surface area contributed by atoms with E-state index in [0.29, 0.717) is 51.7 Å². The van der Waals surface area contributed by atoms with Crippen molar-refractivity contribution in [1.82, 2.24) is 9.88 Å². The summed E-state index contributed by atoms with van der Waals surface area (Å²) in [5.41, 5.74) is 2.42. The predicted molar refractivity (Wildman–Crippen MR) is 122 cm³/mol. The van der Waals surface area contributed by atoms with Gasteiger partial charge in [-0.2, -0.15) is 0 Å². The van der Waals surface area contributed by atoms with Gasteiger partial charge in [-0.3, -0.25) is 4.79 Å². The van der Waals surface area contributed by atoms with E-state index in [0.717, 1.165) is 5.56 Å². The lowest BCUT2D eigenvalue weighted by molar-refractivity contribution is 0.102. The topological polar surface area (TPSA) is 67.6 Å². The number of nitrogens with zero attached hydrogens (tertiary/aromatic N) is 2. The predicted octanol–water partition coefficient (Wildman–Crippen LogP) is 5.69. The monoisotopic (exact) mass is 433 g/mol. The summed E-state index contributed by atoms with van der Waals surface area (Å²) < 4.78 is 26.2. The highest BCUT2D eigenvalue weighted by Crippen LogP contribution is 2.34. The average molecular weight is 433 g/mol.